The molecule has 0 saturated carbocycles. The van der Waals surface area contributed by atoms with Crippen molar-refractivity contribution in [1.29, 1.82) is 0 Å². The Hall–Kier alpha value is -2.42. The molecular formula is C16H21NO7S. The van der Waals surface area contributed by atoms with Gasteiger partial charge in [0, 0.05) is 4.88 Å². The second-order valence-corrected chi connectivity index (χ2v) is 5.84. The minimum atomic E-state index is -1.06. The first-order chi connectivity index (χ1) is 11.8. The van der Waals surface area contributed by atoms with Gasteiger partial charge in [0.2, 0.25) is 0 Å². The maximum Gasteiger partial charge on any atom is 0.397 e. The molecular weight excluding hydrogens is 350 g/mol. The van der Waals surface area contributed by atoms with E-state index in [1.165, 1.54) is 0 Å². The van der Waals surface area contributed by atoms with Crippen LogP contribution in [0.2, 0.25) is 0 Å². The molecule has 9 heteroatoms. The van der Waals surface area contributed by atoms with Crippen molar-refractivity contribution in [2.75, 3.05) is 25.1 Å². The van der Waals surface area contributed by atoms with E-state index >= 15 is 0 Å². The first-order valence-corrected chi connectivity index (χ1v) is 8.60. The topological polar surface area (TPSA) is 108 Å². The largest absolute Gasteiger partial charge is 0.466 e. The maximum atomic E-state index is 12.2. The van der Waals surface area contributed by atoms with Crippen molar-refractivity contribution in [3.05, 3.63) is 16.0 Å². The zero-order chi connectivity index (χ0) is 19.0. The lowest BCUT2D eigenvalue weighted by Gasteiger charge is -2.06. The van der Waals surface area contributed by atoms with Gasteiger partial charge in [0.1, 0.15) is 5.00 Å². The van der Waals surface area contributed by atoms with Crippen LogP contribution in [0.4, 0.5) is 5.00 Å². The van der Waals surface area contributed by atoms with Crippen LogP contribution in [0.3, 0.4) is 0 Å². The summed E-state index contributed by atoms with van der Waals surface area (Å²) >= 11 is 1.02. The number of anilines is 1. The predicted octanol–water partition coefficient (Wildman–Crippen LogP) is 1.84. The molecule has 0 spiro atoms. The molecule has 0 aliphatic heterocycles. The quantitative estimate of drug-likeness (QED) is 0.442. The fourth-order valence-corrected chi connectivity index (χ4v) is 3.13. The van der Waals surface area contributed by atoms with E-state index in [1.807, 2.05) is 0 Å². The van der Waals surface area contributed by atoms with Gasteiger partial charge in [-0.05, 0) is 33.3 Å². The van der Waals surface area contributed by atoms with E-state index in [-0.39, 0.29) is 36.8 Å². The van der Waals surface area contributed by atoms with Crippen LogP contribution in [0.15, 0.2) is 0 Å². The summed E-state index contributed by atoms with van der Waals surface area (Å²) < 4.78 is 14.5. The van der Waals surface area contributed by atoms with Gasteiger partial charge in [0.05, 0.1) is 31.8 Å². The Morgan fingerprint density at radius 2 is 1.56 bits per heavy atom. The molecule has 0 aromatic carbocycles. The fourth-order valence-electron chi connectivity index (χ4n) is 1.96. The molecule has 8 nitrogen and oxygen atoms in total. The number of amides is 1. The number of carbonyl (C=O) groups excluding carboxylic acids is 4. The van der Waals surface area contributed by atoms with Crippen molar-refractivity contribution >= 4 is 40.2 Å². The highest BCUT2D eigenvalue weighted by Gasteiger charge is 2.26. The maximum absolute atomic E-state index is 12.2. The van der Waals surface area contributed by atoms with Crippen LogP contribution >= 0.6 is 11.3 Å². The molecule has 0 saturated heterocycles. The van der Waals surface area contributed by atoms with Crippen molar-refractivity contribution in [2.45, 2.75) is 34.1 Å². The first-order valence-electron chi connectivity index (χ1n) is 7.78. The summed E-state index contributed by atoms with van der Waals surface area (Å²) in [5, 5.41) is 2.49. The second kappa shape index (κ2) is 9.77. The summed E-state index contributed by atoms with van der Waals surface area (Å²) in [5.41, 5.74) is 0.611. The number of ether oxygens (including phenoxy) is 3. The lowest BCUT2D eigenvalue weighted by Crippen LogP contribution is -2.25. The van der Waals surface area contributed by atoms with E-state index in [1.54, 1.807) is 27.7 Å². The Kier molecular flexibility index (Phi) is 8.06. The normalized spacial score (nSPS) is 10.1. The molecule has 1 aromatic heterocycles. The molecule has 0 atom stereocenters. The summed E-state index contributed by atoms with van der Waals surface area (Å²) in [6.07, 6.45) is -0.0496. The number of hydrogen-bond donors (Lipinski definition) is 1. The van der Waals surface area contributed by atoms with Gasteiger partial charge < -0.3 is 19.5 Å². The molecule has 1 amide bonds. The smallest absolute Gasteiger partial charge is 0.397 e. The SMILES string of the molecule is CCOC(=O)Cc1sc(NC(=O)C(=O)OCC)c(C(=O)OCC)c1C. The van der Waals surface area contributed by atoms with Gasteiger partial charge >= 0.3 is 23.8 Å². The van der Waals surface area contributed by atoms with E-state index in [2.05, 4.69) is 10.1 Å². The standard InChI is InChI=1S/C16H21NO7S/c1-5-22-11(18)8-10-9(4)12(15(20)23-6-2)14(25-10)17-13(19)16(21)24-7-3/h5-8H2,1-4H3,(H,17,19). The van der Waals surface area contributed by atoms with E-state index in [4.69, 9.17) is 9.47 Å². The van der Waals surface area contributed by atoms with Crippen LogP contribution in [0.1, 0.15) is 41.6 Å². The zero-order valence-corrected chi connectivity index (χ0v) is 15.4. The molecule has 0 aliphatic carbocycles. The van der Waals surface area contributed by atoms with Crippen LogP contribution in [-0.4, -0.2) is 43.6 Å². The van der Waals surface area contributed by atoms with Crippen LogP contribution in [0.25, 0.3) is 0 Å². The highest BCUT2D eigenvalue weighted by Crippen LogP contribution is 2.34. The first kappa shape index (κ1) is 20.6. The molecule has 0 aliphatic rings. The van der Waals surface area contributed by atoms with Crippen molar-refractivity contribution < 1.29 is 33.4 Å². The number of hydrogen-bond acceptors (Lipinski definition) is 8. The third-order valence-electron chi connectivity index (χ3n) is 3.02. The third kappa shape index (κ3) is 5.56. The van der Waals surface area contributed by atoms with Crippen LogP contribution in [-0.2, 0) is 35.0 Å². The molecule has 0 fully saturated rings. The fraction of sp³-hybridized carbons (Fsp3) is 0.500. The monoisotopic (exact) mass is 371 g/mol. The summed E-state index contributed by atoms with van der Waals surface area (Å²) in [6, 6.07) is 0. The van der Waals surface area contributed by atoms with Crippen molar-refractivity contribution in [3.8, 4) is 0 Å². The van der Waals surface area contributed by atoms with Crippen molar-refractivity contribution in [1.82, 2.24) is 0 Å². The molecule has 0 bridgehead atoms. The highest BCUT2D eigenvalue weighted by molar-refractivity contribution is 7.17. The Bertz CT molecular complexity index is 666. The van der Waals surface area contributed by atoms with E-state index < -0.39 is 23.8 Å². The summed E-state index contributed by atoms with van der Waals surface area (Å²) in [6.45, 7) is 6.98. The Labute approximate surface area is 149 Å². The van der Waals surface area contributed by atoms with Crippen molar-refractivity contribution in [2.24, 2.45) is 0 Å². The average molecular weight is 371 g/mol. The predicted molar refractivity (Wildman–Crippen MR) is 90.6 cm³/mol. The Morgan fingerprint density at radius 3 is 2.12 bits per heavy atom. The van der Waals surface area contributed by atoms with Gasteiger partial charge in [-0.2, -0.15) is 0 Å². The van der Waals surface area contributed by atoms with E-state index in [0.717, 1.165) is 11.3 Å². The van der Waals surface area contributed by atoms with E-state index in [9.17, 15) is 19.2 Å². The number of nitrogens with one attached hydrogen (secondary N) is 1. The van der Waals surface area contributed by atoms with Crippen LogP contribution in [0.5, 0.6) is 0 Å². The van der Waals surface area contributed by atoms with Crippen molar-refractivity contribution in [3.63, 3.8) is 0 Å². The number of esters is 3. The van der Waals surface area contributed by atoms with Gasteiger partial charge in [0.25, 0.3) is 0 Å². The molecule has 0 unspecified atom stereocenters. The number of carbonyl (C=O) groups is 4. The number of rotatable bonds is 7. The zero-order valence-electron chi connectivity index (χ0n) is 14.6. The number of thiophene rings is 1. The summed E-state index contributed by atoms with van der Waals surface area (Å²) in [4.78, 5) is 47.8. The van der Waals surface area contributed by atoms with E-state index in [0.29, 0.717) is 10.4 Å². The molecule has 138 valence electrons. The van der Waals surface area contributed by atoms with Gasteiger partial charge in [-0.3, -0.25) is 9.59 Å². The molecule has 1 rings (SSSR count). The minimum Gasteiger partial charge on any atom is -0.466 e. The van der Waals surface area contributed by atoms with Gasteiger partial charge in [-0.1, -0.05) is 0 Å². The third-order valence-corrected chi connectivity index (χ3v) is 4.23. The summed E-state index contributed by atoms with van der Waals surface area (Å²) in [7, 11) is 0. The molecule has 0 radical (unpaired) electrons. The molecule has 1 aromatic rings. The van der Waals surface area contributed by atoms with Gasteiger partial charge in [-0.15, -0.1) is 11.3 Å². The Balaban J connectivity index is 3.15. The van der Waals surface area contributed by atoms with Gasteiger partial charge in [-0.25, -0.2) is 9.59 Å². The van der Waals surface area contributed by atoms with Crippen LogP contribution in [0, 0.1) is 6.92 Å². The minimum absolute atomic E-state index is 0.0496. The molecule has 1 N–H and O–H groups in total. The molecule has 25 heavy (non-hydrogen) atoms. The Morgan fingerprint density at radius 1 is 0.960 bits per heavy atom. The molecule has 1 heterocycles. The van der Waals surface area contributed by atoms with Crippen LogP contribution < -0.4 is 5.32 Å². The lowest BCUT2D eigenvalue weighted by atomic mass is 10.1. The highest BCUT2D eigenvalue weighted by atomic mass is 32.1. The lowest BCUT2D eigenvalue weighted by molar-refractivity contribution is -0.152. The summed E-state index contributed by atoms with van der Waals surface area (Å²) in [5.74, 6) is -3.16. The van der Waals surface area contributed by atoms with Gasteiger partial charge in [0.15, 0.2) is 0 Å². The average Bonchev–Trinajstić information content (AvgIpc) is 2.83. The second-order valence-electron chi connectivity index (χ2n) is 4.73.